The van der Waals surface area contributed by atoms with E-state index in [1.807, 2.05) is 48.5 Å². The molecule has 0 unspecified atom stereocenters. The molecule has 0 fully saturated rings. The van der Waals surface area contributed by atoms with Gasteiger partial charge in [0.2, 0.25) is 0 Å². The Balaban J connectivity index is 0.00000363. The summed E-state index contributed by atoms with van der Waals surface area (Å²) in [6.07, 6.45) is 1.85. The van der Waals surface area contributed by atoms with Gasteiger partial charge in [0, 0.05) is 32.3 Å². The number of aliphatic imine (C=N–C) groups is 1. The molecule has 1 aromatic heterocycles. The third-order valence-corrected chi connectivity index (χ3v) is 4.90. The molecule has 3 rings (SSSR count). The molecule has 9 heteroatoms. The van der Waals surface area contributed by atoms with Gasteiger partial charge < -0.3 is 29.4 Å². The van der Waals surface area contributed by atoms with Crippen molar-refractivity contribution in [2.24, 2.45) is 4.99 Å². The summed E-state index contributed by atoms with van der Waals surface area (Å²) in [7, 11) is 8.56. The van der Waals surface area contributed by atoms with E-state index in [4.69, 9.17) is 14.2 Å². The average molecular weight is 551 g/mol. The van der Waals surface area contributed by atoms with Crippen molar-refractivity contribution in [2.45, 2.75) is 13.1 Å². The number of nitrogens with zero attached hydrogens (tertiary/aromatic N) is 3. The van der Waals surface area contributed by atoms with Crippen molar-refractivity contribution in [3.05, 3.63) is 60.0 Å². The number of nitrogens with one attached hydrogen (secondary N) is 2. The van der Waals surface area contributed by atoms with Crippen LogP contribution < -0.4 is 19.5 Å². The van der Waals surface area contributed by atoms with E-state index in [2.05, 4.69) is 32.4 Å². The van der Waals surface area contributed by atoms with Crippen LogP contribution in [0.25, 0.3) is 11.3 Å². The first kappa shape index (κ1) is 25.3. The van der Waals surface area contributed by atoms with E-state index in [1.165, 1.54) is 0 Å². The maximum absolute atomic E-state index is 5.51. The molecule has 172 valence electrons. The molecule has 0 aliphatic heterocycles. The van der Waals surface area contributed by atoms with Crippen LogP contribution in [0.4, 0.5) is 0 Å². The highest BCUT2D eigenvalue weighted by atomic mass is 127. The summed E-state index contributed by atoms with van der Waals surface area (Å²) >= 11 is 0. The van der Waals surface area contributed by atoms with Crippen LogP contribution in [0.15, 0.2) is 53.7 Å². The summed E-state index contributed by atoms with van der Waals surface area (Å²) in [5.74, 6) is 3.56. The number of imidazole rings is 1. The molecule has 0 saturated heterocycles. The number of guanidine groups is 1. The van der Waals surface area contributed by atoms with E-state index >= 15 is 0 Å². The maximum Gasteiger partial charge on any atom is 0.194 e. The van der Waals surface area contributed by atoms with Gasteiger partial charge in [-0.05, 0) is 11.6 Å². The quantitative estimate of drug-likeness (QED) is 0.251. The summed E-state index contributed by atoms with van der Waals surface area (Å²) in [6, 6.07) is 13.8. The van der Waals surface area contributed by atoms with E-state index in [9.17, 15) is 0 Å². The molecule has 2 aromatic carbocycles. The van der Waals surface area contributed by atoms with Gasteiger partial charge in [0.25, 0.3) is 0 Å². The zero-order chi connectivity index (χ0) is 22.2. The standard InChI is InChI=1S/C23H29N5O3.HI/c1-24-23(26-13-17-11-20(30-4)21(31-5)12-19(17)29-3)28(2)15-22-25-14-18(27-22)16-9-7-6-8-10-16;/h6-12,14H,13,15H2,1-5H3,(H,24,26)(H,25,27);1H. The van der Waals surface area contributed by atoms with Crippen molar-refractivity contribution in [3.8, 4) is 28.5 Å². The van der Waals surface area contributed by atoms with Crippen molar-refractivity contribution in [3.63, 3.8) is 0 Å². The maximum atomic E-state index is 5.51. The zero-order valence-electron chi connectivity index (χ0n) is 19.0. The number of aromatic nitrogens is 2. The minimum atomic E-state index is 0. The number of hydrogen-bond acceptors (Lipinski definition) is 5. The molecule has 1 heterocycles. The molecule has 0 aliphatic rings. The first-order valence-electron chi connectivity index (χ1n) is 9.89. The van der Waals surface area contributed by atoms with Gasteiger partial charge in [0.05, 0.1) is 39.8 Å². The predicted molar refractivity (Wildman–Crippen MR) is 137 cm³/mol. The second-order valence-corrected chi connectivity index (χ2v) is 6.89. The van der Waals surface area contributed by atoms with Gasteiger partial charge in [-0.1, -0.05) is 30.3 Å². The number of H-pyrrole nitrogens is 1. The molecule has 0 atom stereocenters. The number of benzene rings is 2. The molecule has 0 spiro atoms. The molecule has 0 aliphatic carbocycles. The Morgan fingerprint density at radius 3 is 2.31 bits per heavy atom. The van der Waals surface area contributed by atoms with Gasteiger partial charge in [0.1, 0.15) is 11.6 Å². The normalized spacial score (nSPS) is 10.8. The van der Waals surface area contributed by atoms with Gasteiger partial charge in [-0.25, -0.2) is 4.98 Å². The highest BCUT2D eigenvalue weighted by molar-refractivity contribution is 14.0. The van der Waals surface area contributed by atoms with E-state index in [1.54, 1.807) is 28.4 Å². The lowest BCUT2D eigenvalue weighted by atomic mass is 10.1. The van der Waals surface area contributed by atoms with Crippen LogP contribution in [-0.4, -0.2) is 56.3 Å². The second-order valence-electron chi connectivity index (χ2n) is 6.89. The molecule has 2 N–H and O–H groups in total. The Bertz CT molecular complexity index is 1020. The van der Waals surface area contributed by atoms with Crippen molar-refractivity contribution >= 4 is 29.9 Å². The Morgan fingerprint density at radius 2 is 1.69 bits per heavy atom. The van der Waals surface area contributed by atoms with E-state index in [0.717, 1.165) is 28.6 Å². The fraction of sp³-hybridized carbons (Fsp3) is 0.304. The molecule has 0 saturated carbocycles. The monoisotopic (exact) mass is 551 g/mol. The molecule has 0 radical (unpaired) electrons. The summed E-state index contributed by atoms with van der Waals surface area (Å²) in [4.78, 5) is 14.3. The summed E-state index contributed by atoms with van der Waals surface area (Å²) in [6.45, 7) is 1.09. The Labute approximate surface area is 206 Å². The fourth-order valence-corrected chi connectivity index (χ4v) is 3.30. The lowest BCUT2D eigenvalue weighted by Gasteiger charge is -2.22. The fourth-order valence-electron chi connectivity index (χ4n) is 3.30. The lowest BCUT2D eigenvalue weighted by Crippen LogP contribution is -2.38. The molecule has 3 aromatic rings. The number of hydrogen-bond donors (Lipinski definition) is 2. The van der Waals surface area contributed by atoms with Crippen molar-refractivity contribution in [1.29, 1.82) is 0 Å². The summed E-state index contributed by atoms with van der Waals surface area (Å²) in [5.41, 5.74) is 3.02. The van der Waals surface area contributed by atoms with Crippen LogP contribution in [0.3, 0.4) is 0 Å². The molecule has 8 nitrogen and oxygen atoms in total. The molecule has 0 bridgehead atoms. The molecular weight excluding hydrogens is 521 g/mol. The Morgan fingerprint density at radius 1 is 1.03 bits per heavy atom. The number of aromatic amines is 1. The minimum absolute atomic E-state index is 0. The van der Waals surface area contributed by atoms with Gasteiger partial charge in [0.15, 0.2) is 17.5 Å². The second kappa shape index (κ2) is 12.2. The van der Waals surface area contributed by atoms with Crippen molar-refractivity contribution in [1.82, 2.24) is 20.2 Å². The average Bonchev–Trinajstić information content (AvgIpc) is 3.27. The van der Waals surface area contributed by atoms with Crippen LogP contribution >= 0.6 is 24.0 Å². The van der Waals surface area contributed by atoms with Crippen molar-refractivity contribution in [2.75, 3.05) is 35.4 Å². The number of halogens is 1. The number of methoxy groups -OCH3 is 3. The Kier molecular flexibility index (Phi) is 9.63. The largest absolute Gasteiger partial charge is 0.496 e. The zero-order valence-corrected chi connectivity index (χ0v) is 21.3. The van der Waals surface area contributed by atoms with E-state index in [-0.39, 0.29) is 24.0 Å². The number of rotatable bonds is 8. The summed E-state index contributed by atoms with van der Waals surface area (Å²) < 4.78 is 16.3. The van der Waals surface area contributed by atoms with Crippen LogP contribution in [-0.2, 0) is 13.1 Å². The third-order valence-electron chi connectivity index (χ3n) is 4.90. The summed E-state index contributed by atoms with van der Waals surface area (Å²) in [5, 5.41) is 3.37. The van der Waals surface area contributed by atoms with E-state index < -0.39 is 0 Å². The third kappa shape index (κ3) is 6.06. The van der Waals surface area contributed by atoms with Crippen LogP contribution in [0, 0.1) is 0 Å². The molecule has 0 amide bonds. The highest BCUT2D eigenvalue weighted by Gasteiger charge is 2.14. The van der Waals surface area contributed by atoms with Gasteiger partial charge >= 0.3 is 0 Å². The SMILES string of the molecule is CN=C(NCc1cc(OC)c(OC)cc1OC)N(C)Cc1ncc(-c2ccccc2)[nH]1.I. The van der Waals surface area contributed by atoms with E-state index in [0.29, 0.717) is 30.3 Å². The predicted octanol–water partition coefficient (Wildman–Crippen LogP) is 3.93. The van der Waals surface area contributed by atoms with Gasteiger partial charge in [-0.15, -0.1) is 24.0 Å². The number of ether oxygens (including phenoxy) is 3. The molecular formula is C23H30IN5O3. The molecule has 32 heavy (non-hydrogen) atoms. The van der Waals surface area contributed by atoms with Crippen molar-refractivity contribution < 1.29 is 14.2 Å². The first-order valence-corrected chi connectivity index (χ1v) is 9.89. The Hall–Kier alpha value is -2.95. The van der Waals surface area contributed by atoms with Gasteiger partial charge in [-0.2, -0.15) is 0 Å². The van der Waals surface area contributed by atoms with Crippen LogP contribution in [0.2, 0.25) is 0 Å². The van der Waals surface area contributed by atoms with Gasteiger partial charge in [-0.3, -0.25) is 4.99 Å². The van der Waals surface area contributed by atoms with Crippen LogP contribution in [0.5, 0.6) is 17.2 Å². The van der Waals surface area contributed by atoms with Crippen LogP contribution in [0.1, 0.15) is 11.4 Å². The first-order chi connectivity index (χ1) is 15.1. The topological polar surface area (TPSA) is 84.0 Å². The smallest absolute Gasteiger partial charge is 0.194 e. The lowest BCUT2D eigenvalue weighted by molar-refractivity contribution is 0.347. The highest BCUT2D eigenvalue weighted by Crippen LogP contribution is 2.34. The minimum Gasteiger partial charge on any atom is -0.496 e.